The number of hydrogen-bond donors (Lipinski definition) is 2. The van der Waals surface area contributed by atoms with E-state index in [0.717, 1.165) is 16.7 Å². The number of amides is 3. The Morgan fingerprint density at radius 1 is 1.13 bits per heavy atom. The maximum atomic E-state index is 14.1. The first kappa shape index (κ1) is 26.0. The highest BCUT2D eigenvalue weighted by molar-refractivity contribution is 9.10. The van der Waals surface area contributed by atoms with Crippen molar-refractivity contribution in [3.05, 3.63) is 87.3 Å². The van der Waals surface area contributed by atoms with E-state index in [1.54, 1.807) is 39.1 Å². The van der Waals surface area contributed by atoms with E-state index < -0.39 is 16.6 Å². The Hall–Kier alpha value is -3.59. The van der Waals surface area contributed by atoms with Gasteiger partial charge >= 0.3 is 0 Å². The fraction of sp³-hybridized carbons (Fsp3) is 0.310. The van der Waals surface area contributed by atoms with Gasteiger partial charge in [0, 0.05) is 29.4 Å². The van der Waals surface area contributed by atoms with Crippen LogP contribution in [0.15, 0.2) is 59.2 Å². The summed E-state index contributed by atoms with van der Waals surface area (Å²) in [5, 5.41) is 5.80. The molecule has 0 bridgehead atoms. The van der Waals surface area contributed by atoms with E-state index in [0.29, 0.717) is 29.9 Å². The summed E-state index contributed by atoms with van der Waals surface area (Å²) in [6.07, 6.45) is 2.74. The lowest BCUT2D eigenvalue weighted by atomic mass is 9.79. The Labute approximate surface area is 229 Å². The molecular weight excluding hydrogens is 551 g/mol. The molecule has 0 saturated carbocycles. The van der Waals surface area contributed by atoms with Crippen LogP contribution in [0.25, 0.3) is 0 Å². The van der Waals surface area contributed by atoms with Crippen LogP contribution in [0.1, 0.15) is 43.0 Å². The van der Waals surface area contributed by atoms with Crippen LogP contribution < -0.4 is 10.6 Å². The average Bonchev–Trinajstić information content (AvgIpc) is 3.37. The van der Waals surface area contributed by atoms with Crippen molar-refractivity contribution in [2.24, 2.45) is 5.41 Å². The zero-order valence-electron chi connectivity index (χ0n) is 21.4. The van der Waals surface area contributed by atoms with Crippen molar-refractivity contribution in [2.45, 2.75) is 45.6 Å². The molecule has 2 aromatic carbocycles. The molecule has 38 heavy (non-hydrogen) atoms. The first-order valence-corrected chi connectivity index (χ1v) is 13.2. The highest BCUT2D eigenvalue weighted by Crippen LogP contribution is 2.46. The lowest BCUT2D eigenvalue weighted by Crippen LogP contribution is -2.43. The second-order valence-electron chi connectivity index (χ2n) is 10.9. The number of carbonyl (C=O) groups excluding carboxylic acids is 3. The van der Waals surface area contributed by atoms with Crippen LogP contribution in [-0.4, -0.2) is 34.2 Å². The minimum atomic E-state index is -0.727. The molecule has 2 N–H and O–H groups in total. The smallest absolute Gasteiger partial charge is 0.244 e. The zero-order valence-corrected chi connectivity index (χ0v) is 23.0. The van der Waals surface area contributed by atoms with Gasteiger partial charge in [0.25, 0.3) is 0 Å². The molecule has 3 aromatic rings. The number of fused-ring (bicyclic) bond motifs is 3. The van der Waals surface area contributed by atoms with Gasteiger partial charge in [-0.15, -0.1) is 0 Å². The standard InChI is InChI=1S/C29H28BrFN4O3/c1-28(2,3)27(38)35(15-18-6-4-8-22(31)24(18)30)16-23(36)33-20-10-9-17-13-29(14-19(17)12-20)21-7-5-11-32-25(21)34-26(29)37/h4-12H,13-16H2,1-3H3,(H,33,36)(H,32,34,37). The van der Waals surface area contributed by atoms with Crippen LogP contribution >= 0.6 is 15.9 Å². The molecule has 196 valence electrons. The Kier molecular flexibility index (Phi) is 6.59. The average molecular weight is 579 g/mol. The fourth-order valence-corrected chi connectivity index (χ4v) is 5.66. The van der Waals surface area contributed by atoms with Crippen molar-refractivity contribution in [3.8, 4) is 0 Å². The van der Waals surface area contributed by atoms with Gasteiger partial charge in [0.15, 0.2) is 0 Å². The molecule has 0 saturated heterocycles. The topological polar surface area (TPSA) is 91.4 Å². The summed E-state index contributed by atoms with van der Waals surface area (Å²) >= 11 is 3.25. The van der Waals surface area contributed by atoms with Crippen molar-refractivity contribution in [1.82, 2.24) is 9.88 Å². The van der Waals surface area contributed by atoms with Gasteiger partial charge in [-0.2, -0.15) is 0 Å². The van der Waals surface area contributed by atoms with Gasteiger partial charge in [-0.05, 0) is 69.7 Å². The predicted molar refractivity (Wildman–Crippen MR) is 146 cm³/mol. The number of carbonyl (C=O) groups is 3. The van der Waals surface area contributed by atoms with Gasteiger partial charge in [-0.25, -0.2) is 9.37 Å². The summed E-state index contributed by atoms with van der Waals surface area (Å²) in [6, 6.07) is 14.0. The van der Waals surface area contributed by atoms with Crippen molar-refractivity contribution >= 4 is 45.2 Å². The lowest BCUT2D eigenvalue weighted by Gasteiger charge is -2.29. The Balaban J connectivity index is 1.33. The van der Waals surface area contributed by atoms with Crippen LogP contribution in [0, 0.1) is 11.2 Å². The minimum Gasteiger partial charge on any atom is -0.329 e. The summed E-state index contributed by atoms with van der Waals surface area (Å²) in [5.41, 5.74) is 2.68. The number of pyridine rings is 1. The number of rotatable bonds is 5. The maximum Gasteiger partial charge on any atom is 0.244 e. The molecule has 0 fully saturated rings. The quantitative estimate of drug-likeness (QED) is 0.446. The predicted octanol–water partition coefficient (Wildman–Crippen LogP) is 4.99. The number of nitrogens with one attached hydrogen (secondary N) is 2. The molecule has 0 radical (unpaired) electrons. The van der Waals surface area contributed by atoms with Crippen molar-refractivity contribution in [3.63, 3.8) is 0 Å². The molecule has 7 nitrogen and oxygen atoms in total. The van der Waals surface area contributed by atoms with E-state index in [4.69, 9.17) is 0 Å². The van der Waals surface area contributed by atoms with Crippen molar-refractivity contribution < 1.29 is 18.8 Å². The molecule has 1 aromatic heterocycles. The van der Waals surface area contributed by atoms with Crippen LogP contribution in [0.5, 0.6) is 0 Å². The van der Waals surface area contributed by atoms with E-state index in [2.05, 4.69) is 31.5 Å². The normalized spacial score (nSPS) is 17.7. The molecule has 1 aliphatic carbocycles. The van der Waals surface area contributed by atoms with Crippen molar-refractivity contribution in [2.75, 3.05) is 17.2 Å². The van der Waals surface area contributed by atoms with Crippen LogP contribution in [0.3, 0.4) is 0 Å². The summed E-state index contributed by atoms with van der Waals surface area (Å²) in [7, 11) is 0. The lowest BCUT2D eigenvalue weighted by molar-refractivity contribution is -0.142. The van der Waals surface area contributed by atoms with Gasteiger partial charge in [-0.3, -0.25) is 14.4 Å². The zero-order chi connectivity index (χ0) is 27.2. The molecule has 1 aliphatic heterocycles. The minimum absolute atomic E-state index is 0.0622. The number of aromatic nitrogens is 1. The molecule has 1 atom stereocenters. The number of benzene rings is 2. The molecular formula is C29H28BrFN4O3. The Morgan fingerprint density at radius 2 is 1.89 bits per heavy atom. The van der Waals surface area contributed by atoms with E-state index in [1.807, 2.05) is 30.3 Å². The van der Waals surface area contributed by atoms with Crippen LogP contribution in [-0.2, 0) is 39.2 Å². The van der Waals surface area contributed by atoms with E-state index in [9.17, 15) is 18.8 Å². The molecule has 5 rings (SSSR count). The second kappa shape index (κ2) is 9.62. The summed E-state index contributed by atoms with van der Waals surface area (Å²) in [5.74, 6) is -0.476. The summed E-state index contributed by atoms with van der Waals surface area (Å²) in [6.45, 7) is 5.23. The number of halogens is 2. The van der Waals surface area contributed by atoms with Gasteiger partial charge in [0.1, 0.15) is 18.2 Å². The third kappa shape index (κ3) is 4.71. The first-order valence-electron chi connectivity index (χ1n) is 12.4. The highest BCUT2D eigenvalue weighted by atomic mass is 79.9. The molecule has 2 heterocycles. The van der Waals surface area contributed by atoms with Gasteiger partial charge < -0.3 is 15.5 Å². The summed E-state index contributed by atoms with van der Waals surface area (Å²) < 4.78 is 14.4. The molecule has 1 spiro atoms. The number of anilines is 2. The second-order valence-corrected chi connectivity index (χ2v) is 11.7. The Morgan fingerprint density at radius 3 is 2.66 bits per heavy atom. The number of nitrogens with zero attached hydrogens (tertiary/aromatic N) is 2. The van der Waals surface area contributed by atoms with Crippen LogP contribution in [0.4, 0.5) is 15.9 Å². The van der Waals surface area contributed by atoms with Gasteiger partial charge in [0.2, 0.25) is 17.7 Å². The van der Waals surface area contributed by atoms with Crippen molar-refractivity contribution in [1.29, 1.82) is 0 Å². The van der Waals surface area contributed by atoms with E-state index in [1.165, 1.54) is 11.0 Å². The van der Waals surface area contributed by atoms with E-state index in [-0.39, 0.29) is 35.3 Å². The van der Waals surface area contributed by atoms with Crippen LogP contribution in [0.2, 0.25) is 0 Å². The molecule has 1 unspecified atom stereocenters. The third-order valence-electron chi connectivity index (χ3n) is 7.12. The van der Waals surface area contributed by atoms with Gasteiger partial charge in [0.05, 0.1) is 9.89 Å². The monoisotopic (exact) mass is 578 g/mol. The molecule has 9 heteroatoms. The largest absolute Gasteiger partial charge is 0.329 e. The number of hydrogen-bond acceptors (Lipinski definition) is 4. The first-order chi connectivity index (χ1) is 18.0. The Bertz CT molecular complexity index is 1470. The molecule has 3 amide bonds. The maximum absolute atomic E-state index is 14.1. The summed E-state index contributed by atoms with van der Waals surface area (Å²) in [4.78, 5) is 45.0. The molecule has 2 aliphatic rings. The van der Waals surface area contributed by atoms with E-state index >= 15 is 0 Å². The third-order valence-corrected chi connectivity index (χ3v) is 8.01. The highest BCUT2D eigenvalue weighted by Gasteiger charge is 2.51. The fourth-order valence-electron chi connectivity index (χ4n) is 5.27. The SMILES string of the molecule is CC(C)(C)C(=O)N(CC(=O)Nc1ccc2c(c1)CC1(C2)C(=O)Nc2ncccc21)Cc1cccc(F)c1Br. The van der Waals surface area contributed by atoms with Gasteiger partial charge in [-0.1, -0.05) is 45.0 Å².